The Morgan fingerprint density at radius 1 is 1.37 bits per heavy atom. The van der Waals surface area contributed by atoms with Gasteiger partial charge in [-0.15, -0.1) is 0 Å². The summed E-state index contributed by atoms with van der Waals surface area (Å²) in [6, 6.07) is 8.28. The van der Waals surface area contributed by atoms with Crippen LogP contribution >= 0.6 is 0 Å². The van der Waals surface area contributed by atoms with E-state index in [0.717, 1.165) is 42.2 Å². The number of imidazole rings is 1. The smallest absolute Gasteiger partial charge is 0.144 e. The molecule has 0 aliphatic carbocycles. The van der Waals surface area contributed by atoms with Crippen molar-refractivity contribution in [3.63, 3.8) is 0 Å². The molecule has 2 N–H and O–H groups in total. The number of aryl methyl sites for hydroxylation is 1. The SMILES string of the molecule is COc1ccccc1-c1nc(C)c2n1CCC(N)C2. The highest BCUT2D eigenvalue weighted by molar-refractivity contribution is 5.65. The van der Waals surface area contributed by atoms with Crippen LogP contribution in [0.15, 0.2) is 24.3 Å². The summed E-state index contributed by atoms with van der Waals surface area (Å²) in [6.45, 7) is 2.99. The van der Waals surface area contributed by atoms with Crippen molar-refractivity contribution in [1.29, 1.82) is 0 Å². The first kappa shape index (κ1) is 12.2. The minimum atomic E-state index is 0.258. The summed E-state index contributed by atoms with van der Waals surface area (Å²) in [5.41, 5.74) is 9.45. The van der Waals surface area contributed by atoms with E-state index in [1.165, 1.54) is 5.69 Å². The van der Waals surface area contributed by atoms with Crippen LogP contribution in [0, 0.1) is 6.92 Å². The molecule has 2 aromatic rings. The van der Waals surface area contributed by atoms with Crippen molar-refractivity contribution in [2.24, 2.45) is 5.73 Å². The van der Waals surface area contributed by atoms with Crippen molar-refractivity contribution in [2.75, 3.05) is 7.11 Å². The van der Waals surface area contributed by atoms with Crippen LogP contribution in [0.4, 0.5) is 0 Å². The summed E-state index contributed by atoms with van der Waals surface area (Å²) in [5, 5.41) is 0. The second kappa shape index (κ2) is 4.70. The van der Waals surface area contributed by atoms with E-state index in [1.807, 2.05) is 18.2 Å². The molecule has 0 spiro atoms. The third kappa shape index (κ3) is 2.02. The number of hydrogen-bond donors (Lipinski definition) is 1. The first-order valence-electron chi connectivity index (χ1n) is 6.65. The minimum Gasteiger partial charge on any atom is -0.496 e. The van der Waals surface area contributed by atoms with Gasteiger partial charge in [0.25, 0.3) is 0 Å². The fourth-order valence-corrected chi connectivity index (χ4v) is 2.79. The molecule has 4 nitrogen and oxygen atoms in total. The molecule has 1 aromatic heterocycles. The Morgan fingerprint density at radius 3 is 2.95 bits per heavy atom. The maximum Gasteiger partial charge on any atom is 0.144 e. The number of rotatable bonds is 2. The summed E-state index contributed by atoms with van der Waals surface area (Å²) in [7, 11) is 1.70. The van der Waals surface area contributed by atoms with Crippen LogP contribution < -0.4 is 10.5 Å². The molecule has 0 bridgehead atoms. The molecule has 4 heteroatoms. The predicted molar refractivity (Wildman–Crippen MR) is 75.2 cm³/mol. The largest absolute Gasteiger partial charge is 0.496 e. The van der Waals surface area contributed by atoms with Gasteiger partial charge in [-0.3, -0.25) is 0 Å². The van der Waals surface area contributed by atoms with Gasteiger partial charge in [-0.05, 0) is 25.5 Å². The second-order valence-electron chi connectivity index (χ2n) is 5.07. The average Bonchev–Trinajstić information content (AvgIpc) is 2.75. The van der Waals surface area contributed by atoms with Gasteiger partial charge in [0.15, 0.2) is 0 Å². The van der Waals surface area contributed by atoms with Gasteiger partial charge in [0, 0.05) is 24.7 Å². The minimum absolute atomic E-state index is 0.258. The molecule has 1 aliphatic heterocycles. The van der Waals surface area contributed by atoms with Crippen LogP contribution in [0.5, 0.6) is 5.75 Å². The van der Waals surface area contributed by atoms with E-state index in [-0.39, 0.29) is 6.04 Å². The van der Waals surface area contributed by atoms with E-state index in [1.54, 1.807) is 7.11 Å². The number of aromatic nitrogens is 2. The van der Waals surface area contributed by atoms with Gasteiger partial charge in [-0.25, -0.2) is 4.98 Å². The number of fused-ring (bicyclic) bond motifs is 1. The third-order valence-corrected chi connectivity index (χ3v) is 3.80. The lowest BCUT2D eigenvalue weighted by Crippen LogP contribution is -2.31. The zero-order chi connectivity index (χ0) is 13.4. The summed E-state index contributed by atoms with van der Waals surface area (Å²) in [5.74, 6) is 1.86. The number of nitrogens with two attached hydrogens (primary N) is 1. The maximum absolute atomic E-state index is 6.06. The lowest BCUT2D eigenvalue weighted by Gasteiger charge is -2.22. The number of methoxy groups -OCH3 is 1. The van der Waals surface area contributed by atoms with Crippen molar-refractivity contribution in [2.45, 2.75) is 32.4 Å². The molecule has 0 saturated heterocycles. The quantitative estimate of drug-likeness (QED) is 0.896. The molecule has 2 heterocycles. The Kier molecular flexibility index (Phi) is 3.03. The summed E-state index contributed by atoms with van der Waals surface area (Å²) in [6.07, 6.45) is 1.92. The van der Waals surface area contributed by atoms with Gasteiger partial charge in [0.05, 0.1) is 18.4 Å². The van der Waals surface area contributed by atoms with E-state index in [0.29, 0.717) is 0 Å². The molecule has 100 valence electrons. The first-order chi connectivity index (χ1) is 9.20. The summed E-state index contributed by atoms with van der Waals surface area (Å²) in [4.78, 5) is 4.73. The number of ether oxygens (including phenoxy) is 1. The van der Waals surface area contributed by atoms with Crippen LogP contribution in [-0.4, -0.2) is 22.7 Å². The Balaban J connectivity index is 2.14. The fraction of sp³-hybridized carbons (Fsp3) is 0.400. The normalized spacial score (nSPS) is 18.2. The van der Waals surface area contributed by atoms with Crippen LogP contribution in [0.25, 0.3) is 11.4 Å². The van der Waals surface area contributed by atoms with E-state index in [2.05, 4.69) is 17.6 Å². The van der Waals surface area contributed by atoms with Gasteiger partial charge in [0.1, 0.15) is 11.6 Å². The van der Waals surface area contributed by atoms with Gasteiger partial charge in [0.2, 0.25) is 0 Å². The molecule has 3 rings (SSSR count). The molecule has 1 unspecified atom stereocenters. The summed E-state index contributed by atoms with van der Waals surface area (Å²) >= 11 is 0. The second-order valence-corrected chi connectivity index (χ2v) is 5.07. The highest BCUT2D eigenvalue weighted by atomic mass is 16.5. The fourth-order valence-electron chi connectivity index (χ4n) is 2.79. The Morgan fingerprint density at radius 2 is 2.16 bits per heavy atom. The number of nitrogens with zero attached hydrogens (tertiary/aromatic N) is 2. The van der Waals surface area contributed by atoms with E-state index in [9.17, 15) is 0 Å². The zero-order valence-corrected chi connectivity index (χ0v) is 11.4. The molecule has 0 saturated carbocycles. The predicted octanol–water partition coefficient (Wildman–Crippen LogP) is 2.14. The molecule has 1 atom stereocenters. The molecule has 19 heavy (non-hydrogen) atoms. The molecule has 1 aliphatic rings. The Hall–Kier alpha value is -1.81. The maximum atomic E-state index is 6.06. The van der Waals surface area contributed by atoms with Crippen molar-refractivity contribution in [3.8, 4) is 17.1 Å². The molecule has 0 fully saturated rings. The standard InChI is InChI=1S/C15H19N3O/c1-10-13-9-11(16)7-8-18(13)15(17-10)12-5-3-4-6-14(12)19-2/h3-6,11H,7-9,16H2,1-2H3. The van der Waals surface area contributed by atoms with E-state index >= 15 is 0 Å². The average molecular weight is 257 g/mol. The van der Waals surface area contributed by atoms with Crippen molar-refractivity contribution in [1.82, 2.24) is 9.55 Å². The Labute approximate surface area is 113 Å². The molecular formula is C15H19N3O. The first-order valence-corrected chi connectivity index (χ1v) is 6.65. The number of benzene rings is 1. The van der Waals surface area contributed by atoms with Crippen LogP contribution in [0.1, 0.15) is 17.8 Å². The van der Waals surface area contributed by atoms with Crippen LogP contribution in [0.3, 0.4) is 0 Å². The van der Waals surface area contributed by atoms with Crippen molar-refractivity contribution >= 4 is 0 Å². The topological polar surface area (TPSA) is 53.1 Å². The van der Waals surface area contributed by atoms with E-state index < -0.39 is 0 Å². The van der Waals surface area contributed by atoms with Gasteiger partial charge < -0.3 is 15.0 Å². The van der Waals surface area contributed by atoms with Crippen LogP contribution in [-0.2, 0) is 13.0 Å². The van der Waals surface area contributed by atoms with E-state index in [4.69, 9.17) is 15.5 Å². The third-order valence-electron chi connectivity index (χ3n) is 3.80. The van der Waals surface area contributed by atoms with Crippen molar-refractivity contribution < 1.29 is 4.74 Å². The monoisotopic (exact) mass is 257 g/mol. The highest BCUT2D eigenvalue weighted by Gasteiger charge is 2.23. The van der Waals surface area contributed by atoms with Gasteiger partial charge in [-0.1, -0.05) is 12.1 Å². The highest BCUT2D eigenvalue weighted by Crippen LogP contribution is 2.32. The lowest BCUT2D eigenvalue weighted by molar-refractivity contribution is 0.415. The number of hydrogen-bond acceptors (Lipinski definition) is 3. The molecule has 0 amide bonds. The van der Waals surface area contributed by atoms with Gasteiger partial charge in [-0.2, -0.15) is 0 Å². The number of para-hydroxylation sites is 1. The zero-order valence-electron chi connectivity index (χ0n) is 11.4. The van der Waals surface area contributed by atoms with Crippen molar-refractivity contribution in [3.05, 3.63) is 35.7 Å². The Bertz CT molecular complexity index is 603. The van der Waals surface area contributed by atoms with Crippen LogP contribution in [0.2, 0.25) is 0 Å². The summed E-state index contributed by atoms with van der Waals surface area (Å²) < 4.78 is 7.73. The molecule has 0 radical (unpaired) electrons. The molecule has 1 aromatic carbocycles. The van der Waals surface area contributed by atoms with Gasteiger partial charge >= 0.3 is 0 Å². The molecular weight excluding hydrogens is 238 g/mol. The lowest BCUT2D eigenvalue weighted by atomic mass is 10.0.